The molecule has 3 aromatic rings. The van der Waals surface area contributed by atoms with Crippen LogP contribution in [0.2, 0.25) is 0 Å². The van der Waals surface area contributed by atoms with Crippen LogP contribution in [0.25, 0.3) is 11.0 Å². The van der Waals surface area contributed by atoms with Crippen molar-refractivity contribution >= 4 is 22.8 Å². The Bertz CT molecular complexity index is 1170. The fraction of sp³-hybridized carbons (Fsp3) is 0.448. The fourth-order valence-corrected chi connectivity index (χ4v) is 4.53. The van der Waals surface area contributed by atoms with Crippen LogP contribution < -0.4 is 5.32 Å². The molecule has 1 amide bonds. The van der Waals surface area contributed by atoms with Crippen molar-refractivity contribution in [1.29, 1.82) is 0 Å². The summed E-state index contributed by atoms with van der Waals surface area (Å²) in [6, 6.07) is 14.8. The molecule has 7 nitrogen and oxygen atoms in total. The normalized spacial score (nSPS) is 14.3. The highest BCUT2D eigenvalue weighted by molar-refractivity contribution is 5.79. The van der Waals surface area contributed by atoms with E-state index in [0.717, 1.165) is 40.7 Å². The third kappa shape index (κ3) is 7.87. The molecule has 1 aliphatic rings. The SMILES string of the molecule is CCOC(=O)C1CCN(C(=O)COCCNCc2ccc3cc(CCc4ccc(F)cc4)oc3c2)CC1. The maximum atomic E-state index is 13.1. The van der Waals surface area contributed by atoms with E-state index in [1.165, 1.54) is 12.1 Å². The number of fused-ring (bicyclic) bond motifs is 1. The van der Waals surface area contributed by atoms with Crippen LogP contribution in [-0.2, 0) is 38.4 Å². The van der Waals surface area contributed by atoms with Gasteiger partial charge in [-0.2, -0.15) is 0 Å². The van der Waals surface area contributed by atoms with Crippen LogP contribution in [0.15, 0.2) is 52.9 Å². The van der Waals surface area contributed by atoms with Crippen LogP contribution in [0.1, 0.15) is 36.7 Å². The smallest absolute Gasteiger partial charge is 0.309 e. The second kappa shape index (κ2) is 13.4. The summed E-state index contributed by atoms with van der Waals surface area (Å²) in [5, 5.41) is 4.40. The second-order valence-electron chi connectivity index (χ2n) is 9.35. The monoisotopic (exact) mass is 510 g/mol. The zero-order valence-corrected chi connectivity index (χ0v) is 21.3. The Labute approximate surface area is 216 Å². The van der Waals surface area contributed by atoms with Gasteiger partial charge in [-0.15, -0.1) is 0 Å². The number of hydrogen-bond acceptors (Lipinski definition) is 6. The molecule has 198 valence electrons. The van der Waals surface area contributed by atoms with Crippen LogP contribution in [-0.4, -0.2) is 56.2 Å². The molecule has 2 aromatic carbocycles. The van der Waals surface area contributed by atoms with Crippen molar-refractivity contribution < 1.29 is 27.9 Å². The molecular weight excluding hydrogens is 475 g/mol. The largest absolute Gasteiger partial charge is 0.466 e. The van der Waals surface area contributed by atoms with Gasteiger partial charge in [0.05, 0.1) is 19.1 Å². The van der Waals surface area contributed by atoms with E-state index in [-0.39, 0.29) is 30.2 Å². The second-order valence-corrected chi connectivity index (χ2v) is 9.35. The molecule has 0 spiro atoms. The first-order valence-electron chi connectivity index (χ1n) is 13.0. The van der Waals surface area contributed by atoms with E-state index in [1.807, 2.05) is 6.07 Å². The predicted molar refractivity (Wildman–Crippen MR) is 138 cm³/mol. The van der Waals surface area contributed by atoms with Gasteiger partial charge in [-0.3, -0.25) is 9.59 Å². The standard InChI is InChI=1S/C29H35FN2O5/c1-2-36-29(34)23-11-14-32(15-12-23)28(33)20-35-16-13-31-19-22-3-7-24-18-26(37-27(24)17-22)10-6-21-4-8-25(30)9-5-21/h3-5,7-9,17-18,23,31H,2,6,10-16,19-20H2,1H3. The van der Waals surface area contributed by atoms with E-state index < -0.39 is 0 Å². The minimum absolute atomic E-state index is 0.0409. The third-order valence-electron chi connectivity index (χ3n) is 6.65. The molecule has 2 heterocycles. The van der Waals surface area contributed by atoms with Crippen molar-refractivity contribution in [3.63, 3.8) is 0 Å². The van der Waals surface area contributed by atoms with Crippen molar-refractivity contribution in [3.05, 3.63) is 71.2 Å². The van der Waals surface area contributed by atoms with Gasteiger partial charge in [-0.1, -0.05) is 24.3 Å². The van der Waals surface area contributed by atoms with Crippen molar-refractivity contribution in [2.75, 3.05) is 39.5 Å². The van der Waals surface area contributed by atoms with Gasteiger partial charge in [0.2, 0.25) is 5.91 Å². The first-order chi connectivity index (χ1) is 18.0. The molecule has 8 heteroatoms. The Balaban J connectivity index is 1.12. The van der Waals surface area contributed by atoms with Gasteiger partial charge in [0.15, 0.2) is 0 Å². The number of hydrogen-bond donors (Lipinski definition) is 1. The minimum Gasteiger partial charge on any atom is -0.466 e. The van der Waals surface area contributed by atoms with Crippen molar-refractivity contribution in [2.24, 2.45) is 5.92 Å². The van der Waals surface area contributed by atoms with Crippen molar-refractivity contribution in [1.82, 2.24) is 10.2 Å². The van der Waals surface area contributed by atoms with Gasteiger partial charge in [-0.25, -0.2) is 4.39 Å². The minimum atomic E-state index is -0.224. The number of piperidine rings is 1. The number of nitrogens with one attached hydrogen (secondary N) is 1. The van der Waals surface area contributed by atoms with Crippen LogP contribution in [0, 0.1) is 11.7 Å². The number of rotatable bonds is 12. The maximum absolute atomic E-state index is 13.1. The molecule has 0 unspecified atom stereocenters. The summed E-state index contributed by atoms with van der Waals surface area (Å²) in [6.07, 6.45) is 2.83. The van der Waals surface area contributed by atoms with Gasteiger partial charge in [0, 0.05) is 38.0 Å². The van der Waals surface area contributed by atoms with E-state index in [0.29, 0.717) is 52.2 Å². The summed E-state index contributed by atoms with van der Waals surface area (Å²) >= 11 is 0. The number of carbonyl (C=O) groups excluding carboxylic acids is 2. The molecule has 1 fully saturated rings. The van der Waals surface area contributed by atoms with Gasteiger partial charge in [-0.05, 0) is 61.6 Å². The van der Waals surface area contributed by atoms with Crippen LogP contribution in [0.4, 0.5) is 4.39 Å². The lowest BCUT2D eigenvalue weighted by Crippen LogP contribution is -2.42. The first kappa shape index (κ1) is 26.8. The molecule has 4 rings (SSSR count). The van der Waals surface area contributed by atoms with Crippen molar-refractivity contribution in [3.8, 4) is 0 Å². The molecule has 0 saturated carbocycles. The molecule has 1 aromatic heterocycles. The summed E-state index contributed by atoms with van der Waals surface area (Å²) in [6.45, 7) is 5.08. The van der Waals surface area contributed by atoms with E-state index in [2.05, 4.69) is 23.5 Å². The van der Waals surface area contributed by atoms with Crippen LogP contribution >= 0.6 is 0 Å². The summed E-state index contributed by atoms with van der Waals surface area (Å²) in [5.74, 6) is 0.374. The van der Waals surface area contributed by atoms with Crippen LogP contribution in [0.3, 0.4) is 0 Å². The lowest BCUT2D eigenvalue weighted by atomic mass is 9.97. The Hall–Kier alpha value is -3.23. The molecule has 37 heavy (non-hydrogen) atoms. The summed E-state index contributed by atoms with van der Waals surface area (Å²) in [5.41, 5.74) is 3.03. The average molecular weight is 511 g/mol. The van der Waals surface area contributed by atoms with Gasteiger partial charge in [0.25, 0.3) is 0 Å². The molecular formula is C29H35FN2O5. The Morgan fingerprint density at radius 1 is 1.05 bits per heavy atom. The molecule has 0 radical (unpaired) electrons. The number of likely N-dealkylation sites (tertiary alicyclic amines) is 1. The van der Waals surface area contributed by atoms with Gasteiger partial charge < -0.3 is 24.1 Å². The number of nitrogens with zero attached hydrogens (tertiary/aromatic N) is 1. The number of furan rings is 1. The fourth-order valence-electron chi connectivity index (χ4n) is 4.53. The average Bonchev–Trinajstić information content (AvgIpc) is 3.32. The quantitative estimate of drug-likeness (QED) is 0.290. The van der Waals surface area contributed by atoms with Crippen LogP contribution in [0.5, 0.6) is 0 Å². The predicted octanol–water partition coefficient (Wildman–Crippen LogP) is 4.27. The topological polar surface area (TPSA) is 81.0 Å². The van der Waals surface area contributed by atoms with Gasteiger partial charge in [0.1, 0.15) is 23.8 Å². The van der Waals surface area contributed by atoms with E-state index >= 15 is 0 Å². The molecule has 1 aliphatic heterocycles. The molecule has 0 aliphatic carbocycles. The van der Waals surface area contributed by atoms with Gasteiger partial charge >= 0.3 is 5.97 Å². The van der Waals surface area contributed by atoms with E-state index in [9.17, 15) is 14.0 Å². The number of aryl methyl sites for hydroxylation is 2. The Kier molecular flexibility index (Phi) is 9.68. The Morgan fingerprint density at radius 3 is 2.57 bits per heavy atom. The highest BCUT2D eigenvalue weighted by atomic mass is 19.1. The number of carbonyl (C=O) groups is 2. The zero-order chi connectivity index (χ0) is 26.0. The number of ether oxygens (including phenoxy) is 2. The lowest BCUT2D eigenvalue weighted by Gasteiger charge is -2.30. The Morgan fingerprint density at radius 2 is 1.81 bits per heavy atom. The summed E-state index contributed by atoms with van der Waals surface area (Å²) in [4.78, 5) is 25.9. The number of benzene rings is 2. The molecule has 0 atom stereocenters. The first-order valence-corrected chi connectivity index (χ1v) is 13.0. The highest BCUT2D eigenvalue weighted by Gasteiger charge is 2.28. The molecule has 1 N–H and O–H groups in total. The maximum Gasteiger partial charge on any atom is 0.309 e. The number of amides is 1. The number of halogens is 1. The number of esters is 1. The highest BCUT2D eigenvalue weighted by Crippen LogP contribution is 2.22. The zero-order valence-electron chi connectivity index (χ0n) is 21.3. The molecule has 1 saturated heterocycles. The summed E-state index contributed by atoms with van der Waals surface area (Å²) < 4.78 is 29.7. The van der Waals surface area contributed by atoms with Crippen molar-refractivity contribution in [2.45, 2.75) is 39.2 Å². The molecule has 0 bridgehead atoms. The third-order valence-corrected chi connectivity index (χ3v) is 6.65. The van der Waals surface area contributed by atoms with E-state index in [1.54, 1.807) is 24.0 Å². The van der Waals surface area contributed by atoms with E-state index in [4.69, 9.17) is 13.9 Å². The lowest BCUT2D eigenvalue weighted by molar-refractivity contribution is -0.151. The summed E-state index contributed by atoms with van der Waals surface area (Å²) in [7, 11) is 0.